The van der Waals surface area contributed by atoms with E-state index in [-0.39, 0.29) is 48.8 Å². The molecule has 2 saturated heterocycles. The normalized spacial score (nSPS) is 16.6. The summed E-state index contributed by atoms with van der Waals surface area (Å²) in [6.07, 6.45) is 3.98. The Morgan fingerprint density at radius 3 is 2.27 bits per heavy atom. The average Bonchev–Trinajstić information content (AvgIpc) is 3.41. The maximum atomic E-state index is 12.8. The highest BCUT2D eigenvalue weighted by Crippen LogP contribution is 2.24. The van der Waals surface area contributed by atoms with Crippen LogP contribution in [0.4, 0.5) is 0 Å². The maximum Gasteiger partial charge on any atom is 0.242 e. The van der Waals surface area contributed by atoms with E-state index < -0.39 is 0 Å². The Hall–Kier alpha value is -3.14. The molecule has 1 aromatic carbocycles. The summed E-state index contributed by atoms with van der Waals surface area (Å²) in [7, 11) is 0. The molecule has 3 heterocycles. The number of carbonyl (C=O) groups is 4. The molecule has 1 aromatic heterocycles. The molecule has 0 aliphatic carbocycles. The number of imidazole rings is 1. The van der Waals surface area contributed by atoms with Gasteiger partial charge in [0.15, 0.2) is 5.16 Å². The first kappa shape index (κ1) is 23.0. The fourth-order valence-electron chi connectivity index (χ4n) is 4.03. The van der Waals surface area contributed by atoms with Crippen molar-refractivity contribution < 1.29 is 19.2 Å². The number of likely N-dealkylation sites (tertiary alicyclic amines) is 1. The molecule has 0 N–H and O–H groups in total. The Morgan fingerprint density at radius 1 is 0.970 bits per heavy atom. The number of benzene rings is 1. The number of rotatable bonds is 6. The first-order chi connectivity index (χ1) is 15.8. The number of nitrogens with zero attached hydrogens (tertiary/aromatic N) is 5. The number of thioether (sulfide) groups is 1. The minimum absolute atomic E-state index is 0.00693. The highest BCUT2D eigenvalue weighted by molar-refractivity contribution is 7.99. The van der Waals surface area contributed by atoms with Crippen molar-refractivity contribution in [3.8, 4) is 5.69 Å². The predicted molar refractivity (Wildman–Crippen MR) is 123 cm³/mol. The Bertz CT molecular complexity index is 1070. The summed E-state index contributed by atoms with van der Waals surface area (Å²) in [4.78, 5) is 57.5. The standard InChI is InChI=1S/C23H27N5O4S/c1-16-4-3-5-18(17(16)2)27-9-8-24-23(27)33-15-22(32)26-12-10-25(11-13-26)21(31)14-28-19(29)6-7-20(28)30/h3-5,8-9H,6-7,10-15H2,1-2H3. The molecule has 0 unspecified atom stereocenters. The van der Waals surface area contributed by atoms with Crippen LogP contribution < -0.4 is 0 Å². The van der Waals surface area contributed by atoms with Crippen LogP contribution in [0.5, 0.6) is 0 Å². The second kappa shape index (κ2) is 9.78. The third-order valence-electron chi connectivity index (χ3n) is 6.20. The SMILES string of the molecule is Cc1cccc(-n2ccnc2SCC(=O)N2CCN(C(=O)CN3C(=O)CCC3=O)CC2)c1C. The van der Waals surface area contributed by atoms with Gasteiger partial charge in [0.2, 0.25) is 23.6 Å². The van der Waals surface area contributed by atoms with Crippen molar-refractivity contribution in [3.63, 3.8) is 0 Å². The van der Waals surface area contributed by atoms with E-state index in [0.29, 0.717) is 26.2 Å². The summed E-state index contributed by atoms with van der Waals surface area (Å²) in [5.74, 6) is -0.591. The Balaban J connectivity index is 1.29. The maximum absolute atomic E-state index is 12.8. The summed E-state index contributed by atoms with van der Waals surface area (Å²) in [6.45, 7) is 5.57. The third-order valence-corrected chi connectivity index (χ3v) is 7.15. The molecule has 0 atom stereocenters. The molecular weight excluding hydrogens is 442 g/mol. The zero-order chi connectivity index (χ0) is 23.5. The Kier molecular flexibility index (Phi) is 6.83. The zero-order valence-electron chi connectivity index (χ0n) is 18.8. The van der Waals surface area contributed by atoms with E-state index >= 15 is 0 Å². The van der Waals surface area contributed by atoms with Gasteiger partial charge in [0.05, 0.1) is 11.4 Å². The zero-order valence-corrected chi connectivity index (χ0v) is 19.6. The van der Waals surface area contributed by atoms with Gasteiger partial charge in [0.1, 0.15) is 6.54 Å². The van der Waals surface area contributed by atoms with E-state index in [1.54, 1.807) is 16.0 Å². The number of aryl methyl sites for hydroxylation is 1. The van der Waals surface area contributed by atoms with Crippen molar-refractivity contribution in [2.75, 3.05) is 38.5 Å². The van der Waals surface area contributed by atoms with Gasteiger partial charge in [-0.05, 0) is 31.0 Å². The molecule has 4 amide bonds. The van der Waals surface area contributed by atoms with E-state index in [9.17, 15) is 19.2 Å². The molecule has 2 aliphatic heterocycles. The second-order valence-electron chi connectivity index (χ2n) is 8.22. The molecular formula is C23H27N5O4S. The van der Waals surface area contributed by atoms with E-state index in [1.807, 2.05) is 22.9 Å². The fourth-order valence-corrected chi connectivity index (χ4v) is 4.90. The summed E-state index contributed by atoms with van der Waals surface area (Å²) in [5, 5.41) is 0.755. The largest absolute Gasteiger partial charge is 0.338 e. The summed E-state index contributed by atoms with van der Waals surface area (Å²) >= 11 is 1.39. The fraction of sp³-hybridized carbons (Fsp3) is 0.435. The van der Waals surface area contributed by atoms with E-state index in [0.717, 1.165) is 15.7 Å². The molecule has 0 spiro atoms. The van der Waals surface area contributed by atoms with Crippen molar-refractivity contribution in [1.29, 1.82) is 0 Å². The molecule has 2 aromatic rings. The van der Waals surface area contributed by atoms with Gasteiger partial charge in [0.25, 0.3) is 0 Å². The third kappa shape index (κ3) is 4.95. The van der Waals surface area contributed by atoms with Crippen LogP contribution in [0, 0.1) is 13.8 Å². The number of amides is 4. The van der Waals surface area contributed by atoms with Crippen molar-refractivity contribution in [2.45, 2.75) is 31.8 Å². The lowest BCUT2D eigenvalue weighted by Crippen LogP contribution is -2.53. The van der Waals surface area contributed by atoms with E-state index in [1.165, 1.54) is 22.9 Å². The topological polar surface area (TPSA) is 95.8 Å². The molecule has 0 saturated carbocycles. The number of hydrogen-bond acceptors (Lipinski definition) is 6. The number of aromatic nitrogens is 2. The van der Waals surface area contributed by atoms with Gasteiger partial charge >= 0.3 is 0 Å². The molecule has 33 heavy (non-hydrogen) atoms. The van der Waals surface area contributed by atoms with Gasteiger partial charge in [-0.15, -0.1) is 0 Å². The first-order valence-electron chi connectivity index (χ1n) is 11.0. The molecule has 2 aliphatic rings. The van der Waals surface area contributed by atoms with Crippen LogP contribution >= 0.6 is 11.8 Å². The molecule has 9 nitrogen and oxygen atoms in total. The van der Waals surface area contributed by atoms with Crippen LogP contribution in [0.25, 0.3) is 5.69 Å². The lowest BCUT2D eigenvalue weighted by atomic mass is 10.1. The number of imide groups is 1. The van der Waals surface area contributed by atoms with Crippen LogP contribution in [0.2, 0.25) is 0 Å². The molecule has 10 heteroatoms. The Labute approximate surface area is 196 Å². The van der Waals surface area contributed by atoms with Gasteiger partial charge in [-0.3, -0.25) is 28.6 Å². The van der Waals surface area contributed by atoms with Crippen LogP contribution in [-0.4, -0.2) is 86.4 Å². The number of hydrogen-bond donors (Lipinski definition) is 0. The van der Waals surface area contributed by atoms with Gasteiger partial charge in [-0.2, -0.15) is 0 Å². The first-order valence-corrected chi connectivity index (χ1v) is 11.9. The lowest BCUT2D eigenvalue weighted by Gasteiger charge is -2.35. The molecule has 174 valence electrons. The molecule has 2 fully saturated rings. The van der Waals surface area contributed by atoms with E-state index in [2.05, 4.69) is 24.9 Å². The summed E-state index contributed by atoms with van der Waals surface area (Å²) < 4.78 is 2.00. The van der Waals surface area contributed by atoms with Gasteiger partial charge in [0, 0.05) is 51.4 Å². The van der Waals surface area contributed by atoms with Crippen molar-refractivity contribution in [2.24, 2.45) is 0 Å². The van der Waals surface area contributed by atoms with Crippen LogP contribution in [0.3, 0.4) is 0 Å². The second-order valence-corrected chi connectivity index (χ2v) is 9.17. The highest BCUT2D eigenvalue weighted by Gasteiger charge is 2.33. The van der Waals surface area contributed by atoms with Gasteiger partial charge in [-0.25, -0.2) is 4.98 Å². The van der Waals surface area contributed by atoms with Gasteiger partial charge in [-0.1, -0.05) is 23.9 Å². The smallest absolute Gasteiger partial charge is 0.242 e. The van der Waals surface area contributed by atoms with E-state index in [4.69, 9.17) is 0 Å². The summed E-state index contributed by atoms with van der Waals surface area (Å²) in [6, 6.07) is 6.11. The Morgan fingerprint density at radius 2 is 1.61 bits per heavy atom. The average molecular weight is 470 g/mol. The lowest BCUT2D eigenvalue weighted by molar-refractivity contribution is -0.146. The monoisotopic (exact) mass is 469 g/mol. The molecule has 0 radical (unpaired) electrons. The minimum atomic E-state index is -0.293. The minimum Gasteiger partial charge on any atom is -0.338 e. The van der Waals surface area contributed by atoms with Crippen LogP contribution in [0.1, 0.15) is 24.0 Å². The highest BCUT2D eigenvalue weighted by atomic mass is 32.2. The summed E-state index contributed by atoms with van der Waals surface area (Å²) in [5.41, 5.74) is 3.41. The van der Waals surface area contributed by atoms with Crippen molar-refractivity contribution >= 4 is 35.4 Å². The van der Waals surface area contributed by atoms with Crippen LogP contribution in [0.15, 0.2) is 35.7 Å². The molecule has 4 rings (SSSR count). The number of carbonyl (C=O) groups excluding carboxylic acids is 4. The predicted octanol–water partition coefficient (Wildman–Crippen LogP) is 1.40. The molecule has 0 bridgehead atoms. The van der Waals surface area contributed by atoms with Crippen molar-refractivity contribution in [1.82, 2.24) is 24.3 Å². The van der Waals surface area contributed by atoms with Crippen LogP contribution in [-0.2, 0) is 19.2 Å². The van der Waals surface area contributed by atoms with Crippen molar-refractivity contribution in [3.05, 3.63) is 41.7 Å². The van der Waals surface area contributed by atoms with Gasteiger partial charge < -0.3 is 9.80 Å². The number of piperazine rings is 1. The quantitative estimate of drug-likeness (QED) is 0.469.